The minimum atomic E-state index is -1.09. The van der Waals surface area contributed by atoms with Crippen molar-refractivity contribution in [3.05, 3.63) is 35.9 Å². The van der Waals surface area contributed by atoms with Crippen LogP contribution >= 0.6 is 0 Å². The smallest absolute Gasteiger partial charge is 0.329 e. The minimum absolute atomic E-state index is 0.0528. The summed E-state index contributed by atoms with van der Waals surface area (Å²) in [4.78, 5) is 41.3. The van der Waals surface area contributed by atoms with E-state index in [0.717, 1.165) is 34.9 Å². The Balaban J connectivity index is 2.03. The number of hydrogen-bond acceptors (Lipinski definition) is 5. The van der Waals surface area contributed by atoms with Crippen LogP contribution in [0.15, 0.2) is 35.4 Å². The van der Waals surface area contributed by atoms with E-state index in [9.17, 15) is 19.5 Å². The zero-order chi connectivity index (χ0) is 20.4. The van der Waals surface area contributed by atoms with Crippen LogP contribution in [0, 0.1) is 5.92 Å². The Morgan fingerprint density at radius 2 is 2.11 bits per heavy atom. The van der Waals surface area contributed by atoms with Gasteiger partial charge in [-0.1, -0.05) is 56.5 Å². The van der Waals surface area contributed by atoms with Crippen LogP contribution in [-0.2, 0) is 25.8 Å². The lowest BCUT2D eigenvalue weighted by molar-refractivity contribution is -0.183. The first-order chi connectivity index (χ1) is 13.6. The number of carboxylic acids is 1. The van der Waals surface area contributed by atoms with Gasteiger partial charge in [0.1, 0.15) is 6.61 Å². The molecule has 1 aromatic carbocycles. The van der Waals surface area contributed by atoms with Crippen LogP contribution < -0.4 is 0 Å². The van der Waals surface area contributed by atoms with Gasteiger partial charge in [0.2, 0.25) is 12.3 Å². The first kappa shape index (κ1) is 21.6. The van der Waals surface area contributed by atoms with Crippen molar-refractivity contribution in [1.29, 1.82) is 0 Å². The summed E-state index contributed by atoms with van der Waals surface area (Å²) in [5.41, 5.74) is 0.901. The molecule has 2 amide bonds. The molecule has 0 fully saturated rings. The van der Waals surface area contributed by atoms with E-state index in [-0.39, 0.29) is 19.6 Å². The normalized spacial score (nSPS) is 16.8. The molecule has 0 saturated heterocycles. The summed E-state index contributed by atoms with van der Waals surface area (Å²) in [7, 11) is 0. The summed E-state index contributed by atoms with van der Waals surface area (Å²) in [6, 6.07) is 8.40. The number of rotatable bonds is 12. The molecule has 1 N–H and O–H groups in total. The van der Waals surface area contributed by atoms with Crippen molar-refractivity contribution in [1.82, 2.24) is 10.1 Å². The maximum Gasteiger partial charge on any atom is 0.329 e. The molecule has 0 radical (unpaired) electrons. The molecule has 0 spiro atoms. The van der Waals surface area contributed by atoms with Crippen LogP contribution in [0.2, 0.25) is 0 Å². The highest BCUT2D eigenvalue weighted by Crippen LogP contribution is 2.21. The third-order valence-electron chi connectivity index (χ3n) is 4.60. The van der Waals surface area contributed by atoms with Gasteiger partial charge in [0.15, 0.2) is 6.04 Å². The number of benzene rings is 1. The number of hydrogen-bond donors (Lipinski definition) is 1. The maximum atomic E-state index is 12.9. The second-order valence-electron chi connectivity index (χ2n) is 6.73. The summed E-state index contributed by atoms with van der Waals surface area (Å²) < 4.78 is 0. The van der Waals surface area contributed by atoms with Crippen molar-refractivity contribution in [3.8, 4) is 0 Å². The van der Waals surface area contributed by atoms with E-state index < -0.39 is 23.8 Å². The summed E-state index contributed by atoms with van der Waals surface area (Å²) in [6.45, 7) is 2.31. The van der Waals surface area contributed by atoms with Gasteiger partial charge in [0, 0.05) is 12.6 Å². The maximum absolute atomic E-state index is 12.9. The standard InChI is InChI=1S/C20H27N3O5/c1-2-3-5-10-17(19(25)23-18(20(26)27)11-12-21-23)13-22(15-24)28-14-16-8-6-4-7-9-16/h4,6-9,12,15,17-18H,2-3,5,10-11,13-14H2,1H3,(H,26,27)/t17-,18+/m1/s1. The van der Waals surface area contributed by atoms with Crippen LogP contribution in [0.4, 0.5) is 0 Å². The molecule has 1 aromatic rings. The molecule has 8 nitrogen and oxygen atoms in total. The topological polar surface area (TPSA) is 99.5 Å². The van der Waals surface area contributed by atoms with E-state index in [1.54, 1.807) is 0 Å². The van der Waals surface area contributed by atoms with Crippen molar-refractivity contribution in [2.75, 3.05) is 6.54 Å². The Morgan fingerprint density at radius 1 is 1.36 bits per heavy atom. The third-order valence-corrected chi connectivity index (χ3v) is 4.60. The minimum Gasteiger partial charge on any atom is -0.480 e. The molecule has 152 valence electrons. The SMILES string of the molecule is CCCCC[C@H](CN(C=O)OCc1ccccc1)C(=O)N1N=CC[C@H]1C(=O)O. The van der Waals surface area contributed by atoms with Crippen LogP contribution in [0.25, 0.3) is 0 Å². The van der Waals surface area contributed by atoms with Crippen molar-refractivity contribution in [2.45, 2.75) is 51.7 Å². The second kappa shape index (κ2) is 11.2. The molecule has 8 heteroatoms. The van der Waals surface area contributed by atoms with Crippen LogP contribution in [0.1, 0.15) is 44.6 Å². The number of carbonyl (C=O) groups is 3. The Kier molecular flexibility index (Phi) is 8.61. The lowest BCUT2D eigenvalue weighted by Gasteiger charge is -2.27. The molecule has 0 saturated carbocycles. The van der Waals surface area contributed by atoms with E-state index in [0.29, 0.717) is 12.8 Å². The van der Waals surface area contributed by atoms with Crippen molar-refractivity contribution < 1.29 is 24.3 Å². The number of carboxylic acid groups (broad SMARTS) is 1. The monoisotopic (exact) mass is 389 g/mol. The predicted molar refractivity (Wildman–Crippen MR) is 103 cm³/mol. The van der Waals surface area contributed by atoms with Gasteiger partial charge in [-0.2, -0.15) is 5.10 Å². The van der Waals surface area contributed by atoms with Gasteiger partial charge in [0.25, 0.3) is 0 Å². The third kappa shape index (κ3) is 6.16. The molecule has 0 aliphatic carbocycles. The summed E-state index contributed by atoms with van der Waals surface area (Å²) in [6.07, 6.45) is 5.43. The Labute approximate surface area is 164 Å². The molecular formula is C20H27N3O5. The molecule has 2 rings (SSSR count). The average molecular weight is 389 g/mol. The van der Waals surface area contributed by atoms with Crippen molar-refractivity contribution in [3.63, 3.8) is 0 Å². The highest BCUT2D eigenvalue weighted by Gasteiger charge is 2.36. The van der Waals surface area contributed by atoms with Gasteiger partial charge in [-0.05, 0) is 12.0 Å². The van der Waals surface area contributed by atoms with Crippen molar-refractivity contribution >= 4 is 24.5 Å². The number of hydroxylamine groups is 2. The predicted octanol–water partition coefficient (Wildman–Crippen LogP) is 2.44. The van der Waals surface area contributed by atoms with Crippen LogP contribution in [0.3, 0.4) is 0 Å². The van der Waals surface area contributed by atoms with E-state index in [1.807, 2.05) is 30.3 Å². The summed E-state index contributed by atoms with van der Waals surface area (Å²) in [5, 5.41) is 15.4. The lowest BCUT2D eigenvalue weighted by Crippen LogP contribution is -2.44. The molecule has 1 aliphatic heterocycles. The van der Waals surface area contributed by atoms with E-state index in [1.165, 1.54) is 6.21 Å². The van der Waals surface area contributed by atoms with Gasteiger partial charge >= 0.3 is 5.97 Å². The van der Waals surface area contributed by atoms with Crippen LogP contribution in [0.5, 0.6) is 0 Å². The zero-order valence-corrected chi connectivity index (χ0v) is 16.1. The molecule has 1 heterocycles. The molecule has 0 aromatic heterocycles. The molecule has 28 heavy (non-hydrogen) atoms. The molecule has 0 unspecified atom stereocenters. The first-order valence-electron chi connectivity index (χ1n) is 9.53. The quantitative estimate of drug-likeness (QED) is 0.336. The van der Waals surface area contributed by atoms with E-state index in [4.69, 9.17) is 4.84 Å². The van der Waals surface area contributed by atoms with Crippen molar-refractivity contribution in [2.24, 2.45) is 11.0 Å². The highest BCUT2D eigenvalue weighted by molar-refractivity contribution is 5.89. The second-order valence-corrected chi connectivity index (χ2v) is 6.73. The Hall–Kier alpha value is -2.74. The van der Waals surface area contributed by atoms with Gasteiger partial charge in [-0.15, -0.1) is 0 Å². The number of carbonyl (C=O) groups excluding carboxylic acids is 2. The fourth-order valence-corrected chi connectivity index (χ4v) is 3.03. The molecule has 0 bridgehead atoms. The number of unbranched alkanes of at least 4 members (excludes halogenated alkanes) is 2. The van der Waals surface area contributed by atoms with Gasteiger partial charge < -0.3 is 5.11 Å². The number of amides is 2. The van der Waals surface area contributed by atoms with Gasteiger partial charge in [-0.3, -0.25) is 14.4 Å². The van der Waals surface area contributed by atoms with E-state index in [2.05, 4.69) is 12.0 Å². The first-order valence-corrected chi connectivity index (χ1v) is 9.53. The van der Waals surface area contributed by atoms with Gasteiger partial charge in [0.05, 0.1) is 12.5 Å². The van der Waals surface area contributed by atoms with Crippen LogP contribution in [-0.4, -0.2) is 52.3 Å². The number of hydrazone groups is 1. The number of aliphatic carboxylic acids is 1. The average Bonchev–Trinajstić information content (AvgIpc) is 3.20. The Morgan fingerprint density at radius 3 is 2.75 bits per heavy atom. The largest absolute Gasteiger partial charge is 0.480 e. The summed E-state index contributed by atoms with van der Waals surface area (Å²) in [5.74, 6) is -2.07. The lowest BCUT2D eigenvalue weighted by atomic mass is 9.99. The van der Waals surface area contributed by atoms with Gasteiger partial charge in [-0.25, -0.2) is 14.9 Å². The fraction of sp³-hybridized carbons (Fsp3) is 0.500. The Bertz CT molecular complexity index is 680. The summed E-state index contributed by atoms with van der Waals surface area (Å²) >= 11 is 0. The number of nitrogens with zero attached hydrogens (tertiary/aromatic N) is 3. The highest BCUT2D eigenvalue weighted by atomic mass is 16.7. The molecular weight excluding hydrogens is 362 g/mol. The van der Waals surface area contributed by atoms with E-state index >= 15 is 0 Å². The fourth-order valence-electron chi connectivity index (χ4n) is 3.03. The molecule has 1 aliphatic rings. The zero-order valence-electron chi connectivity index (χ0n) is 16.1. The molecule has 2 atom stereocenters.